The number of nitrogens with one attached hydrogen (secondary N) is 3. The predicted molar refractivity (Wildman–Crippen MR) is 119 cm³/mol. The van der Waals surface area contributed by atoms with Gasteiger partial charge in [0.05, 0.1) is 13.2 Å². The van der Waals surface area contributed by atoms with Crippen molar-refractivity contribution >= 4 is 17.7 Å². The van der Waals surface area contributed by atoms with Gasteiger partial charge in [-0.2, -0.15) is 0 Å². The second kappa shape index (κ2) is 12.2. The number of carbonyl (C=O) groups excluding carboxylic acids is 1. The first kappa shape index (κ1) is 22.8. The zero-order chi connectivity index (χ0) is 21.1. The van der Waals surface area contributed by atoms with Crippen molar-refractivity contribution in [2.75, 3.05) is 38.1 Å². The lowest BCUT2D eigenvalue weighted by atomic mass is 10.0. The van der Waals surface area contributed by atoms with Crippen LogP contribution in [0.15, 0.2) is 35.3 Å². The summed E-state index contributed by atoms with van der Waals surface area (Å²) in [4.78, 5) is 18.5. The van der Waals surface area contributed by atoms with Crippen LogP contribution in [0.25, 0.3) is 0 Å². The molecule has 0 bridgehead atoms. The number of anilines is 1. The maximum atomic E-state index is 11.9. The summed E-state index contributed by atoms with van der Waals surface area (Å²) in [6.07, 6.45) is 1.57. The zero-order valence-electron chi connectivity index (χ0n) is 18.3. The molecule has 1 amide bonds. The molecule has 162 valence electrons. The van der Waals surface area contributed by atoms with Gasteiger partial charge in [-0.15, -0.1) is 0 Å². The first-order chi connectivity index (χ1) is 14.0. The standard InChI is InChI=1S/C22H37N5O2/c1-5-23-21(26-19-12-14-27(15-13-19)22(28)29-6-2)24-16-20(17(3)4)25-18-10-8-7-9-11-18/h7-11,17,19-20,25H,5-6,12-16H2,1-4H3,(H2,23,24,26). The highest BCUT2D eigenvalue weighted by molar-refractivity contribution is 5.80. The van der Waals surface area contributed by atoms with Crippen molar-refractivity contribution in [3.8, 4) is 0 Å². The molecule has 1 atom stereocenters. The third-order valence-electron chi connectivity index (χ3n) is 5.08. The van der Waals surface area contributed by atoms with Crippen molar-refractivity contribution in [2.45, 2.75) is 52.6 Å². The average molecular weight is 404 g/mol. The van der Waals surface area contributed by atoms with Crippen LogP contribution in [0.1, 0.15) is 40.5 Å². The first-order valence-corrected chi connectivity index (χ1v) is 10.8. The Hall–Kier alpha value is -2.44. The fourth-order valence-electron chi connectivity index (χ4n) is 3.30. The second-order valence-corrected chi connectivity index (χ2v) is 7.69. The molecule has 0 aliphatic carbocycles. The average Bonchev–Trinajstić information content (AvgIpc) is 2.72. The van der Waals surface area contributed by atoms with Crippen LogP contribution in [0.5, 0.6) is 0 Å². The van der Waals surface area contributed by atoms with E-state index in [1.165, 1.54) is 0 Å². The Kier molecular flexibility index (Phi) is 9.60. The van der Waals surface area contributed by atoms with Crippen LogP contribution < -0.4 is 16.0 Å². The van der Waals surface area contributed by atoms with Crippen LogP contribution in [0.3, 0.4) is 0 Å². The predicted octanol–water partition coefficient (Wildman–Crippen LogP) is 3.30. The Morgan fingerprint density at radius 1 is 1.21 bits per heavy atom. The van der Waals surface area contributed by atoms with Gasteiger partial charge < -0.3 is 25.6 Å². The molecule has 2 rings (SSSR count). The molecular formula is C22H37N5O2. The largest absolute Gasteiger partial charge is 0.450 e. The van der Waals surface area contributed by atoms with Gasteiger partial charge in [-0.3, -0.25) is 4.99 Å². The maximum Gasteiger partial charge on any atom is 0.409 e. The fraction of sp³-hybridized carbons (Fsp3) is 0.636. The van der Waals surface area contributed by atoms with E-state index in [4.69, 9.17) is 9.73 Å². The number of aliphatic imine (C=N–C) groups is 1. The fourth-order valence-corrected chi connectivity index (χ4v) is 3.30. The minimum atomic E-state index is -0.210. The van der Waals surface area contributed by atoms with E-state index in [1.807, 2.05) is 25.1 Å². The van der Waals surface area contributed by atoms with Crippen LogP contribution in [-0.2, 0) is 4.74 Å². The summed E-state index contributed by atoms with van der Waals surface area (Å²) in [7, 11) is 0. The molecule has 1 fully saturated rings. The smallest absolute Gasteiger partial charge is 0.409 e. The van der Waals surface area contributed by atoms with Crippen molar-refractivity contribution in [3.63, 3.8) is 0 Å². The number of nitrogens with zero attached hydrogens (tertiary/aromatic N) is 2. The number of benzene rings is 1. The lowest BCUT2D eigenvalue weighted by Gasteiger charge is -2.32. The molecule has 0 spiro atoms. The topological polar surface area (TPSA) is 78.0 Å². The Labute approximate surface area is 175 Å². The van der Waals surface area contributed by atoms with Crippen molar-refractivity contribution in [1.82, 2.24) is 15.5 Å². The van der Waals surface area contributed by atoms with Crippen LogP contribution in [-0.4, -0.2) is 61.8 Å². The first-order valence-electron chi connectivity index (χ1n) is 10.8. The molecule has 0 saturated carbocycles. The minimum Gasteiger partial charge on any atom is -0.450 e. The lowest BCUT2D eigenvalue weighted by Crippen LogP contribution is -2.50. The van der Waals surface area contributed by atoms with E-state index in [0.29, 0.717) is 38.2 Å². The van der Waals surface area contributed by atoms with Gasteiger partial charge in [0.2, 0.25) is 0 Å². The van der Waals surface area contributed by atoms with Gasteiger partial charge in [0.15, 0.2) is 5.96 Å². The summed E-state index contributed by atoms with van der Waals surface area (Å²) in [5.41, 5.74) is 1.12. The molecule has 0 aromatic heterocycles. The molecule has 7 nitrogen and oxygen atoms in total. The Morgan fingerprint density at radius 2 is 1.90 bits per heavy atom. The molecular weight excluding hydrogens is 366 g/mol. The highest BCUT2D eigenvalue weighted by Crippen LogP contribution is 2.14. The van der Waals surface area contributed by atoms with Crippen LogP contribution in [0, 0.1) is 5.92 Å². The quantitative estimate of drug-likeness (QED) is 0.459. The van der Waals surface area contributed by atoms with Gasteiger partial charge in [0.1, 0.15) is 0 Å². The molecule has 1 saturated heterocycles. The van der Waals surface area contributed by atoms with E-state index in [0.717, 1.165) is 31.0 Å². The number of hydrogen-bond acceptors (Lipinski definition) is 4. The van der Waals surface area contributed by atoms with Crippen LogP contribution >= 0.6 is 0 Å². The molecule has 1 aliphatic heterocycles. The molecule has 1 aromatic rings. The van der Waals surface area contributed by atoms with Crippen molar-refractivity contribution in [2.24, 2.45) is 10.9 Å². The van der Waals surface area contributed by atoms with E-state index in [9.17, 15) is 4.79 Å². The molecule has 29 heavy (non-hydrogen) atoms. The lowest BCUT2D eigenvalue weighted by molar-refractivity contribution is 0.0963. The van der Waals surface area contributed by atoms with Crippen molar-refractivity contribution in [1.29, 1.82) is 0 Å². The molecule has 3 N–H and O–H groups in total. The summed E-state index contributed by atoms with van der Waals surface area (Å²) in [5.74, 6) is 1.29. The van der Waals surface area contributed by atoms with Gasteiger partial charge in [0, 0.05) is 37.4 Å². The van der Waals surface area contributed by atoms with Gasteiger partial charge in [-0.1, -0.05) is 32.0 Å². The highest BCUT2D eigenvalue weighted by atomic mass is 16.6. The molecule has 1 unspecified atom stereocenters. The highest BCUT2D eigenvalue weighted by Gasteiger charge is 2.24. The number of ether oxygens (including phenoxy) is 1. The normalized spacial score (nSPS) is 16.4. The van der Waals surface area contributed by atoms with E-state index in [1.54, 1.807) is 4.90 Å². The molecule has 1 aromatic carbocycles. The number of piperidine rings is 1. The molecule has 7 heteroatoms. The van der Waals surface area contributed by atoms with Gasteiger partial charge >= 0.3 is 6.09 Å². The Bertz CT molecular complexity index is 627. The second-order valence-electron chi connectivity index (χ2n) is 7.69. The Morgan fingerprint density at radius 3 is 2.48 bits per heavy atom. The summed E-state index contributed by atoms with van der Waals surface area (Å²) in [5, 5.41) is 10.5. The number of para-hydroxylation sites is 1. The SMILES string of the molecule is CCNC(=NCC(Nc1ccccc1)C(C)C)NC1CCN(C(=O)OCC)CC1. The number of amides is 1. The van der Waals surface area contributed by atoms with Gasteiger partial charge in [-0.05, 0) is 44.7 Å². The monoisotopic (exact) mass is 403 g/mol. The molecule has 1 heterocycles. The number of likely N-dealkylation sites (tertiary alicyclic amines) is 1. The number of carbonyl (C=O) groups is 1. The number of rotatable bonds is 8. The zero-order valence-corrected chi connectivity index (χ0v) is 18.3. The van der Waals surface area contributed by atoms with E-state index in [-0.39, 0.29) is 12.1 Å². The number of guanidine groups is 1. The molecule has 1 aliphatic rings. The van der Waals surface area contributed by atoms with Crippen LogP contribution in [0.4, 0.5) is 10.5 Å². The summed E-state index contributed by atoms with van der Waals surface area (Å²) in [6.45, 7) is 11.7. The maximum absolute atomic E-state index is 11.9. The van der Waals surface area contributed by atoms with Crippen LogP contribution in [0.2, 0.25) is 0 Å². The summed E-state index contributed by atoms with van der Waals surface area (Å²) >= 11 is 0. The van der Waals surface area contributed by atoms with Crippen molar-refractivity contribution < 1.29 is 9.53 Å². The number of hydrogen-bond donors (Lipinski definition) is 3. The molecule has 0 radical (unpaired) electrons. The summed E-state index contributed by atoms with van der Waals surface area (Å²) < 4.78 is 5.10. The van der Waals surface area contributed by atoms with E-state index < -0.39 is 0 Å². The van der Waals surface area contributed by atoms with Gasteiger partial charge in [-0.25, -0.2) is 4.79 Å². The van der Waals surface area contributed by atoms with Crippen molar-refractivity contribution in [3.05, 3.63) is 30.3 Å². The van der Waals surface area contributed by atoms with E-state index >= 15 is 0 Å². The van der Waals surface area contributed by atoms with Gasteiger partial charge in [0.25, 0.3) is 0 Å². The third kappa shape index (κ3) is 7.83. The van der Waals surface area contributed by atoms with E-state index in [2.05, 4.69) is 48.9 Å². The Balaban J connectivity index is 1.90. The third-order valence-corrected chi connectivity index (χ3v) is 5.08. The summed E-state index contributed by atoms with van der Waals surface area (Å²) in [6, 6.07) is 10.8. The minimum absolute atomic E-state index is 0.210.